The first kappa shape index (κ1) is 27.2. The molecule has 4 heteroatoms. The van der Waals surface area contributed by atoms with Gasteiger partial charge in [-0.3, -0.25) is 0 Å². The minimum atomic E-state index is 0.849. The fourth-order valence-corrected chi connectivity index (χ4v) is 7.95. The average Bonchev–Trinajstić information content (AvgIpc) is 3.84. The summed E-state index contributed by atoms with van der Waals surface area (Å²) < 4.78 is 15.5. The molecule has 3 heterocycles. The van der Waals surface area contributed by atoms with E-state index in [0.717, 1.165) is 82.9 Å². The summed E-state index contributed by atoms with van der Waals surface area (Å²) in [5, 5.41) is 9.06. The molecule has 50 heavy (non-hydrogen) atoms. The van der Waals surface area contributed by atoms with Crippen LogP contribution in [-0.2, 0) is 0 Å². The zero-order valence-electron chi connectivity index (χ0n) is 26.9. The number of rotatable bonds is 4. The van der Waals surface area contributed by atoms with Crippen molar-refractivity contribution in [2.75, 3.05) is 4.90 Å². The highest BCUT2D eigenvalue weighted by Gasteiger charge is 2.23. The molecule has 0 aliphatic carbocycles. The van der Waals surface area contributed by atoms with Gasteiger partial charge in [-0.15, -0.1) is 0 Å². The molecule has 0 aliphatic heterocycles. The largest absolute Gasteiger partial charge is 0.456 e. The fraction of sp³-hybridized carbons (Fsp3) is 0. The van der Waals surface area contributed by atoms with Gasteiger partial charge in [0.25, 0.3) is 0 Å². The van der Waals surface area contributed by atoms with Gasteiger partial charge in [0, 0.05) is 49.1 Å². The van der Waals surface area contributed by atoms with E-state index in [1.165, 1.54) is 16.3 Å². The molecule has 0 atom stereocenters. The molecular formula is C46H28N2O2. The van der Waals surface area contributed by atoms with E-state index in [4.69, 9.17) is 8.83 Å². The van der Waals surface area contributed by atoms with E-state index >= 15 is 0 Å². The molecule has 4 nitrogen and oxygen atoms in total. The molecule has 234 valence electrons. The summed E-state index contributed by atoms with van der Waals surface area (Å²) in [5.41, 5.74) is 10.0. The van der Waals surface area contributed by atoms with Crippen molar-refractivity contribution >= 4 is 93.5 Å². The minimum absolute atomic E-state index is 0.849. The highest BCUT2D eigenvalue weighted by Crippen LogP contribution is 2.46. The van der Waals surface area contributed by atoms with E-state index in [9.17, 15) is 0 Å². The standard InChI is InChI=1S/C46H28N2O2/c1-2-13-30(14-3-1)47-39-19-7-4-15-32(39)37-27-31(24-25-41(37)47)48(42-21-11-18-35-33-16-5-9-23-44(33)50-46(35)42)40-20-10-12-29-26-38-34-17-6-8-22-43(34)49-45(38)28-36(29)40/h1-28H. The van der Waals surface area contributed by atoms with Gasteiger partial charge in [-0.2, -0.15) is 0 Å². The van der Waals surface area contributed by atoms with Crippen LogP contribution in [0.15, 0.2) is 179 Å². The lowest BCUT2D eigenvalue weighted by Gasteiger charge is -2.27. The number of hydrogen-bond acceptors (Lipinski definition) is 3. The third-order valence-electron chi connectivity index (χ3n) is 10.1. The zero-order valence-corrected chi connectivity index (χ0v) is 26.9. The second kappa shape index (κ2) is 10.4. The SMILES string of the molecule is c1ccc(-n2c3ccccc3c3cc(N(c4cccc5cc6c(cc45)oc4ccccc46)c4cccc5c4oc4ccccc45)ccc32)cc1. The zero-order chi connectivity index (χ0) is 32.8. The number of aromatic nitrogens is 1. The van der Waals surface area contributed by atoms with Gasteiger partial charge in [0.2, 0.25) is 0 Å². The van der Waals surface area contributed by atoms with Gasteiger partial charge >= 0.3 is 0 Å². The summed E-state index contributed by atoms with van der Waals surface area (Å²) in [6, 6.07) is 60.1. The Kier molecular flexibility index (Phi) is 5.63. The molecule has 0 fully saturated rings. The molecule has 0 saturated heterocycles. The fourth-order valence-electron chi connectivity index (χ4n) is 7.95. The maximum Gasteiger partial charge on any atom is 0.159 e. The van der Waals surface area contributed by atoms with Crippen LogP contribution < -0.4 is 4.90 Å². The molecule has 0 N–H and O–H groups in total. The van der Waals surface area contributed by atoms with Crippen LogP contribution in [0.4, 0.5) is 17.1 Å². The van der Waals surface area contributed by atoms with E-state index < -0.39 is 0 Å². The van der Waals surface area contributed by atoms with Crippen molar-refractivity contribution in [3.8, 4) is 5.69 Å². The Morgan fingerprint density at radius 3 is 1.90 bits per heavy atom. The molecule has 3 aromatic heterocycles. The van der Waals surface area contributed by atoms with Crippen molar-refractivity contribution in [3.63, 3.8) is 0 Å². The summed E-state index contributed by atoms with van der Waals surface area (Å²) in [5.74, 6) is 0. The van der Waals surface area contributed by atoms with Crippen LogP contribution in [0.5, 0.6) is 0 Å². The Bertz CT molecular complexity index is 3110. The lowest BCUT2D eigenvalue weighted by atomic mass is 10.0. The smallest absolute Gasteiger partial charge is 0.159 e. The number of fused-ring (bicyclic) bond motifs is 10. The molecule has 0 spiro atoms. The quantitative estimate of drug-likeness (QED) is 0.192. The Morgan fingerprint density at radius 2 is 1.04 bits per heavy atom. The van der Waals surface area contributed by atoms with Crippen molar-refractivity contribution < 1.29 is 8.83 Å². The lowest BCUT2D eigenvalue weighted by Crippen LogP contribution is -2.11. The molecule has 8 aromatic carbocycles. The summed E-state index contributed by atoms with van der Waals surface area (Å²) in [4.78, 5) is 2.36. The Labute approximate surface area is 286 Å². The second-order valence-corrected chi connectivity index (χ2v) is 12.9. The van der Waals surface area contributed by atoms with Gasteiger partial charge in [-0.25, -0.2) is 0 Å². The van der Waals surface area contributed by atoms with Crippen molar-refractivity contribution in [1.29, 1.82) is 0 Å². The van der Waals surface area contributed by atoms with Crippen LogP contribution >= 0.6 is 0 Å². The van der Waals surface area contributed by atoms with E-state index in [1.807, 2.05) is 24.3 Å². The maximum atomic E-state index is 6.69. The monoisotopic (exact) mass is 640 g/mol. The van der Waals surface area contributed by atoms with Crippen molar-refractivity contribution in [2.45, 2.75) is 0 Å². The Balaban J connectivity index is 1.23. The first-order valence-corrected chi connectivity index (χ1v) is 16.9. The predicted octanol–water partition coefficient (Wildman–Crippen LogP) is 13.2. The number of hydrogen-bond donors (Lipinski definition) is 0. The molecule has 0 bridgehead atoms. The molecule has 0 saturated carbocycles. The van der Waals surface area contributed by atoms with Crippen molar-refractivity contribution in [2.24, 2.45) is 0 Å². The first-order chi connectivity index (χ1) is 24.8. The number of anilines is 3. The number of nitrogens with zero attached hydrogens (tertiary/aromatic N) is 2. The molecule has 0 radical (unpaired) electrons. The van der Waals surface area contributed by atoms with E-state index in [2.05, 4.69) is 155 Å². The van der Waals surface area contributed by atoms with Crippen LogP contribution in [0, 0.1) is 0 Å². The van der Waals surface area contributed by atoms with Gasteiger partial charge in [0.1, 0.15) is 16.7 Å². The third kappa shape index (κ3) is 3.87. The van der Waals surface area contributed by atoms with Crippen LogP contribution in [0.25, 0.3) is 82.1 Å². The number of benzene rings is 8. The molecular weight excluding hydrogens is 613 g/mol. The molecule has 11 rings (SSSR count). The molecule has 11 aromatic rings. The van der Waals surface area contributed by atoms with Crippen molar-refractivity contribution in [1.82, 2.24) is 4.57 Å². The van der Waals surface area contributed by atoms with Gasteiger partial charge in [0.05, 0.1) is 22.4 Å². The normalized spacial score (nSPS) is 12.0. The highest BCUT2D eigenvalue weighted by molar-refractivity contribution is 6.16. The van der Waals surface area contributed by atoms with Crippen molar-refractivity contribution in [3.05, 3.63) is 170 Å². The summed E-state index contributed by atoms with van der Waals surface area (Å²) >= 11 is 0. The number of para-hydroxylation sites is 5. The highest BCUT2D eigenvalue weighted by atomic mass is 16.3. The predicted molar refractivity (Wildman–Crippen MR) is 208 cm³/mol. The molecule has 0 amide bonds. The van der Waals surface area contributed by atoms with E-state index in [1.54, 1.807) is 0 Å². The van der Waals surface area contributed by atoms with E-state index in [-0.39, 0.29) is 0 Å². The Morgan fingerprint density at radius 1 is 0.380 bits per heavy atom. The van der Waals surface area contributed by atoms with Gasteiger partial charge < -0.3 is 18.3 Å². The van der Waals surface area contributed by atoms with Crippen LogP contribution in [0.3, 0.4) is 0 Å². The Hall–Kier alpha value is -6.78. The summed E-state index contributed by atoms with van der Waals surface area (Å²) in [7, 11) is 0. The first-order valence-electron chi connectivity index (χ1n) is 16.9. The van der Waals surface area contributed by atoms with Gasteiger partial charge in [-0.1, -0.05) is 97.1 Å². The lowest BCUT2D eigenvalue weighted by molar-refractivity contribution is 0.669. The topological polar surface area (TPSA) is 34.5 Å². The second-order valence-electron chi connectivity index (χ2n) is 12.9. The summed E-state index contributed by atoms with van der Waals surface area (Å²) in [6.07, 6.45) is 0. The number of furan rings is 2. The molecule has 0 aliphatic rings. The van der Waals surface area contributed by atoms with Crippen LogP contribution in [-0.4, -0.2) is 4.57 Å². The molecule has 0 unspecified atom stereocenters. The van der Waals surface area contributed by atoms with Crippen LogP contribution in [0.2, 0.25) is 0 Å². The van der Waals surface area contributed by atoms with E-state index in [0.29, 0.717) is 0 Å². The minimum Gasteiger partial charge on any atom is -0.456 e. The van der Waals surface area contributed by atoms with Crippen LogP contribution in [0.1, 0.15) is 0 Å². The average molecular weight is 641 g/mol. The van der Waals surface area contributed by atoms with Gasteiger partial charge in [0.15, 0.2) is 5.58 Å². The summed E-state index contributed by atoms with van der Waals surface area (Å²) in [6.45, 7) is 0. The van der Waals surface area contributed by atoms with Gasteiger partial charge in [-0.05, 0) is 78.2 Å². The third-order valence-corrected chi connectivity index (χ3v) is 10.1. The maximum absolute atomic E-state index is 6.69.